The summed E-state index contributed by atoms with van der Waals surface area (Å²) in [5, 5.41) is 21.0. The van der Waals surface area contributed by atoms with Crippen LogP contribution in [0.15, 0.2) is 23.4 Å². The number of oxime groups is 1. The van der Waals surface area contributed by atoms with Crippen LogP contribution in [0.3, 0.4) is 0 Å². The molecule has 0 aliphatic carbocycles. The molecular weight excluding hydrogens is 268 g/mol. The molecule has 21 heavy (non-hydrogen) atoms. The first-order valence-corrected chi connectivity index (χ1v) is 7.08. The average Bonchev–Trinajstić information content (AvgIpc) is 2.89. The highest BCUT2D eigenvalue weighted by atomic mass is 16.5. The van der Waals surface area contributed by atoms with Crippen LogP contribution in [-0.2, 0) is 0 Å². The smallest absolute Gasteiger partial charge is 0.134 e. The quantitative estimate of drug-likeness (QED) is 0.495. The molecule has 1 aliphatic heterocycles. The van der Waals surface area contributed by atoms with Gasteiger partial charge >= 0.3 is 0 Å². The van der Waals surface area contributed by atoms with Gasteiger partial charge in [0.25, 0.3) is 0 Å². The lowest BCUT2D eigenvalue weighted by Gasteiger charge is -2.14. The van der Waals surface area contributed by atoms with Crippen LogP contribution in [0.25, 0.3) is 0 Å². The number of nitrogens with zero attached hydrogens (tertiary/aromatic N) is 2. The lowest BCUT2D eigenvalue weighted by Crippen LogP contribution is -2.08. The minimum atomic E-state index is -0.262. The average molecular weight is 288 g/mol. The van der Waals surface area contributed by atoms with E-state index in [2.05, 4.69) is 11.2 Å². The van der Waals surface area contributed by atoms with E-state index in [0.29, 0.717) is 24.7 Å². The van der Waals surface area contributed by atoms with E-state index in [1.54, 1.807) is 0 Å². The van der Waals surface area contributed by atoms with E-state index >= 15 is 0 Å². The van der Waals surface area contributed by atoms with Crippen LogP contribution >= 0.6 is 0 Å². The molecule has 112 valence electrons. The summed E-state index contributed by atoms with van der Waals surface area (Å²) < 4.78 is 11.1. The van der Waals surface area contributed by atoms with Gasteiger partial charge in [0, 0.05) is 11.6 Å². The molecule has 0 radical (unpaired) electrons. The fourth-order valence-corrected chi connectivity index (χ4v) is 2.17. The summed E-state index contributed by atoms with van der Waals surface area (Å²) in [7, 11) is 0. The van der Waals surface area contributed by atoms with Gasteiger partial charge in [-0.05, 0) is 45.2 Å². The van der Waals surface area contributed by atoms with E-state index < -0.39 is 0 Å². The molecule has 5 heteroatoms. The minimum Gasteiger partial charge on any atom is -0.493 e. The fourth-order valence-electron chi connectivity index (χ4n) is 2.17. The predicted octanol–water partition coefficient (Wildman–Crippen LogP) is 3.36. The Bertz CT molecular complexity index is 573. The third-order valence-electron chi connectivity index (χ3n) is 3.52. The van der Waals surface area contributed by atoms with Crippen molar-refractivity contribution in [3.8, 4) is 17.6 Å². The molecule has 0 bridgehead atoms. The van der Waals surface area contributed by atoms with Gasteiger partial charge in [-0.3, -0.25) is 0 Å². The normalized spacial score (nSPS) is 15.4. The molecule has 1 aromatic rings. The second-order valence-corrected chi connectivity index (χ2v) is 5.79. The summed E-state index contributed by atoms with van der Waals surface area (Å²) in [5.41, 5.74) is 1.08. The number of nitriles is 1. The summed E-state index contributed by atoms with van der Waals surface area (Å²) in [6.07, 6.45) is 2.74. The Kier molecular flexibility index (Phi) is 4.69. The third kappa shape index (κ3) is 3.88. The number of hydrogen-bond donors (Lipinski definition) is 1. The zero-order valence-electron chi connectivity index (χ0n) is 12.4. The Morgan fingerprint density at radius 2 is 2.24 bits per heavy atom. The van der Waals surface area contributed by atoms with Crippen molar-refractivity contribution in [3.05, 3.63) is 23.8 Å². The van der Waals surface area contributed by atoms with Crippen molar-refractivity contribution in [1.29, 1.82) is 5.26 Å². The van der Waals surface area contributed by atoms with Crippen LogP contribution in [0.2, 0.25) is 0 Å². The van der Waals surface area contributed by atoms with E-state index in [9.17, 15) is 0 Å². The SMILES string of the molecule is CC(C)(C#N)CCCCOc1ccc2c(c1)OC/C2=N\O. The number of fused-ring (bicyclic) bond motifs is 1. The second kappa shape index (κ2) is 6.49. The lowest BCUT2D eigenvalue weighted by atomic mass is 9.89. The molecule has 0 fully saturated rings. The van der Waals surface area contributed by atoms with E-state index in [4.69, 9.17) is 19.9 Å². The highest BCUT2D eigenvalue weighted by molar-refractivity contribution is 6.05. The first-order valence-electron chi connectivity index (χ1n) is 7.08. The first-order chi connectivity index (χ1) is 10.1. The molecule has 1 N–H and O–H groups in total. The molecule has 0 unspecified atom stereocenters. The number of ether oxygens (including phenoxy) is 2. The van der Waals surface area contributed by atoms with Gasteiger partial charge < -0.3 is 14.7 Å². The van der Waals surface area contributed by atoms with Gasteiger partial charge in [0.05, 0.1) is 18.1 Å². The van der Waals surface area contributed by atoms with Crippen molar-refractivity contribution in [2.75, 3.05) is 13.2 Å². The van der Waals surface area contributed by atoms with Gasteiger partial charge in [-0.15, -0.1) is 0 Å². The number of benzene rings is 1. The van der Waals surface area contributed by atoms with E-state index in [0.717, 1.165) is 30.6 Å². The van der Waals surface area contributed by atoms with Crippen LogP contribution < -0.4 is 9.47 Å². The molecule has 0 spiro atoms. The van der Waals surface area contributed by atoms with Crippen LogP contribution in [0, 0.1) is 16.7 Å². The third-order valence-corrected chi connectivity index (χ3v) is 3.52. The molecule has 1 aromatic carbocycles. The largest absolute Gasteiger partial charge is 0.493 e. The van der Waals surface area contributed by atoms with Crippen LogP contribution in [0.1, 0.15) is 38.7 Å². The molecular formula is C16H20N2O3. The standard InChI is InChI=1S/C16H20N2O3/c1-16(2,11-17)7-3-4-8-20-12-5-6-13-14(18-19)10-21-15(13)9-12/h5-6,9,19H,3-4,7-8,10H2,1-2H3/b18-14+. The Balaban J connectivity index is 1.79. The molecule has 1 aliphatic rings. The molecule has 0 atom stereocenters. The van der Waals surface area contributed by atoms with Gasteiger partial charge in [0.2, 0.25) is 0 Å². The Labute approximate surface area is 124 Å². The fraction of sp³-hybridized carbons (Fsp3) is 0.500. The van der Waals surface area contributed by atoms with Crippen LogP contribution in [-0.4, -0.2) is 24.1 Å². The maximum atomic E-state index is 8.94. The second-order valence-electron chi connectivity index (χ2n) is 5.79. The zero-order valence-corrected chi connectivity index (χ0v) is 12.4. The Morgan fingerprint density at radius 1 is 1.43 bits per heavy atom. The van der Waals surface area contributed by atoms with E-state index in [1.807, 2.05) is 32.0 Å². The molecule has 0 saturated heterocycles. The van der Waals surface area contributed by atoms with Crippen molar-refractivity contribution in [2.24, 2.45) is 10.6 Å². The van der Waals surface area contributed by atoms with Crippen molar-refractivity contribution >= 4 is 5.71 Å². The monoisotopic (exact) mass is 288 g/mol. The first kappa shape index (κ1) is 15.2. The summed E-state index contributed by atoms with van der Waals surface area (Å²) >= 11 is 0. The van der Waals surface area contributed by atoms with Crippen molar-refractivity contribution in [1.82, 2.24) is 0 Å². The highest BCUT2D eigenvalue weighted by Crippen LogP contribution is 2.30. The lowest BCUT2D eigenvalue weighted by molar-refractivity contribution is 0.293. The molecule has 1 heterocycles. The Morgan fingerprint density at radius 3 is 2.95 bits per heavy atom. The topological polar surface area (TPSA) is 74.8 Å². The molecule has 5 nitrogen and oxygen atoms in total. The number of hydrogen-bond acceptors (Lipinski definition) is 5. The Hall–Kier alpha value is -2.22. The number of rotatable bonds is 6. The van der Waals surface area contributed by atoms with Crippen LogP contribution in [0.4, 0.5) is 0 Å². The predicted molar refractivity (Wildman–Crippen MR) is 79.0 cm³/mol. The van der Waals surface area contributed by atoms with Gasteiger partial charge in [0.1, 0.15) is 23.8 Å². The zero-order chi connectivity index (χ0) is 15.3. The van der Waals surface area contributed by atoms with Gasteiger partial charge in [-0.25, -0.2) is 0 Å². The van der Waals surface area contributed by atoms with Gasteiger partial charge in [-0.2, -0.15) is 5.26 Å². The van der Waals surface area contributed by atoms with Crippen molar-refractivity contribution < 1.29 is 14.7 Å². The van der Waals surface area contributed by atoms with Crippen molar-refractivity contribution in [2.45, 2.75) is 33.1 Å². The maximum Gasteiger partial charge on any atom is 0.134 e. The summed E-state index contributed by atoms with van der Waals surface area (Å²) in [6.45, 7) is 4.80. The maximum absolute atomic E-state index is 8.94. The molecule has 0 amide bonds. The molecule has 2 rings (SSSR count). The van der Waals surface area contributed by atoms with E-state index in [-0.39, 0.29) is 5.41 Å². The number of unbranched alkanes of at least 4 members (excludes halogenated alkanes) is 1. The van der Waals surface area contributed by atoms with Crippen LogP contribution in [0.5, 0.6) is 11.5 Å². The van der Waals surface area contributed by atoms with Gasteiger partial charge in [0.15, 0.2) is 0 Å². The van der Waals surface area contributed by atoms with Gasteiger partial charge in [-0.1, -0.05) is 5.16 Å². The summed E-state index contributed by atoms with van der Waals surface area (Å²) in [4.78, 5) is 0. The van der Waals surface area contributed by atoms with Crippen molar-refractivity contribution in [3.63, 3.8) is 0 Å². The summed E-state index contributed by atoms with van der Waals surface area (Å²) in [5.74, 6) is 1.43. The minimum absolute atomic E-state index is 0.262. The molecule has 0 aromatic heterocycles. The highest BCUT2D eigenvalue weighted by Gasteiger charge is 2.20. The summed E-state index contributed by atoms with van der Waals surface area (Å²) in [6, 6.07) is 7.80. The van der Waals surface area contributed by atoms with E-state index in [1.165, 1.54) is 0 Å². The molecule has 0 saturated carbocycles.